The third-order valence-corrected chi connectivity index (χ3v) is 6.39. The highest BCUT2D eigenvalue weighted by Gasteiger charge is 2.24. The second-order valence-corrected chi connectivity index (χ2v) is 8.10. The van der Waals surface area contributed by atoms with Crippen molar-refractivity contribution < 1.29 is 14.3 Å². The minimum atomic E-state index is -0.946. The summed E-state index contributed by atoms with van der Waals surface area (Å²) in [5.74, 6) is -0.655. The molecule has 1 heterocycles. The van der Waals surface area contributed by atoms with Crippen LogP contribution in [-0.4, -0.2) is 18.0 Å². The van der Waals surface area contributed by atoms with E-state index in [1.807, 2.05) is 48.5 Å². The van der Waals surface area contributed by atoms with Gasteiger partial charge in [0.05, 0.1) is 5.02 Å². The van der Waals surface area contributed by atoms with E-state index >= 15 is 0 Å². The fraction of sp³-hybridized carbons (Fsp3) is 0.273. The Kier molecular flexibility index (Phi) is 6.37. The van der Waals surface area contributed by atoms with Crippen LogP contribution in [0.1, 0.15) is 48.3 Å². The molecule has 1 N–H and O–H groups in total. The van der Waals surface area contributed by atoms with Crippen LogP contribution < -0.4 is 5.32 Å². The van der Waals surface area contributed by atoms with Crippen molar-refractivity contribution >= 4 is 50.6 Å². The van der Waals surface area contributed by atoms with Gasteiger partial charge in [0.2, 0.25) is 0 Å². The Bertz CT molecular complexity index is 1010. The Labute approximate surface area is 173 Å². The number of amides is 1. The molecule has 0 spiro atoms. The maximum Gasteiger partial charge on any atom is 0.350 e. The largest absolute Gasteiger partial charge is 0.448 e. The van der Waals surface area contributed by atoms with Crippen molar-refractivity contribution in [3.05, 3.63) is 64.0 Å². The lowest BCUT2D eigenvalue weighted by Crippen LogP contribution is -2.30. The van der Waals surface area contributed by atoms with Gasteiger partial charge in [0.25, 0.3) is 5.91 Å². The van der Waals surface area contributed by atoms with E-state index in [0.717, 1.165) is 27.8 Å². The van der Waals surface area contributed by atoms with E-state index in [0.29, 0.717) is 15.8 Å². The van der Waals surface area contributed by atoms with Gasteiger partial charge >= 0.3 is 5.97 Å². The molecule has 0 radical (unpaired) electrons. The SMILES string of the molecule is CC[C@H](C)c1ccccc1NC(=O)[C@@H](C)OC(=O)c1sc2ccccc2c1Cl. The lowest BCUT2D eigenvalue weighted by Gasteiger charge is -2.18. The van der Waals surface area contributed by atoms with Crippen LogP contribution in [0.25, 0.3) is 10.1 Å². The molecule has 0 aliphatic carbocycles. The summed E-state index contributed by atoms with van der Waals surface area (Å²) in [6.45, 7) is 5.76. The molecule has 0 bridgehead atoms. The maximum absolute atomic E-state index is 12.6. The molecule has 0 aliphatic heterocycles. The minimum Gasteiger partial charge on any atom is -0.448 e. The molecule has 0 saturated carbocycles. The number of hydrogen-bond donors (Lipinski definition) is 1. The van der Waals surface area contributed by atoms with Crippen molar-refractivity contribution in [2.75, 3.05) is 5.32 Å². The first-order chi connectivity index (χ1) is 13.4. The second-order valence-electron chi connectivity index (χ2n) is 6.67. The molecule has 28 heavy (non-hydrogen) atoms. The Morgan fingerprint density at radius 1 is 1.11 bits per heavy atom. The molecule has 2 atom stereocenters. The van der Waals surface area contributed by atoms with Crippen molar-refractivity contribution in [1.82, 2.24) is 0 Å². The number of anilines is 1. The number of para-hydroxylation sites is 1. The number of rotatable bonds is 6. The summed E-state index contributed by atoms with van der Waals surface area (Å²) < 4.78 is 6.28. The van der Waals surface area contributed by atoms with Gasteiger partial charge in [0, 0.05) is 15.8 Å². The van der Waals surface area contributed by atoms with Crippen LogP contribution in [0, 0.1) is 0 Å². The molecule has 0 saturated heterocycles. The molecule has 6 heteroatoms. The number of benzene rings is 2. The Morgan fingerprint density at radius 2 is 1.79 bits per heavy atom. The zero-order valence-electron chi connectivity index (χ0n) is 16.0. The van der Waals surface area contributed by atoms with E-state index in [9.17, 15) is 9.59 Å². The molecular weight excluding hydrogens is 394 g/mol. The standard InChI is InChI=1S/C22H22ClNO3S/c1-4-13(2)15-9-5-7-11-17(15)24-21(25)14(3)27-22(26)20-19(23)16-10-6-8-12-18(16)28-20/h5-14H,4H2,1-3H3,(H,24,25)/t13-,14+/m0/s1. The molecular formula is C22H22ClNO3S. The molecule has 3 rings (SSSR count). The lowest BCUT2D eigenvalue weighted by molar-refractivity contribution is -0.123. The third-order valence-electron chi connectivity index (χ3n) is 4.74. The summed E-state index contributed by atoms with van der Waals surface area (Å²) in [6, 6.07) is 15.2. The molecule has 1 amide bonds. The number of fused-ring (bicyclic) bond motifs is 1. The normalized spacial score (nSPS) is 13.1. The smallest absolute Gasteiger partial charge is 0.350 e. The first-order valence-corrected chi connectivity index (χ1v) is 10.4. The number of nitrogens with one attached hydrogen (secondary N) is 1. The van der Waals surface area contributed by atoms with Crippen LogP contribution in [0.3, 0.4) is 0 Å². The summed E-state index contributed by atoms with van der Waals surface area (Å²) >= 11 is 7.59. The van der Waals surface area contributed by atoms with E-state index in [1.54, 1.807) is 6.92 Å². The number of thiophene rings is 1. The zero-order valence-corrected chi connectivity index (χ0v) is 17.6. The van der Waals surface area contributed by atoms with Crippen molar-refractivity contribution in [3.8, 4) is 0 Å². The van der Waals surface area contributed by atoms with E-state index in [-0.39, 0.29) is 5.91 Å². The quantitative estimate of drug-likeness (QED) is 0.484. The number of hydrogen-bond acceptors (Lipinski definition) is 4. The van der Waals surface area contributed by atoms with Gasteiger partial charge in [-0.2, -0.15) is 0 Å². The number of halogens is 1. The van der Waals surface area contributed by atoms with Gasteiger partial charge < -0.3 is 10.1 Å². The second kappa shape index (κ2) is 8.76. The van der Waals surface area contributed by atoms with E-state index in [4.69, 9.17) is 16.3 Å². The molecule has 4 nitrogen and oxygen atoms in total. The van der Waals surface area contributed by atoms with Gasteiger partial charge in [-0.1, -0.05) is 61.8 Å². The fourth-order valence-corrected chi connectivity index (χ4v) is 4.30. The van der Waals surface area contributed by atoms with E-state index in [1.165, 1.54) is 11.3 Å². The van der Waals surface area contributed by atoms with Gasteiger partial charge in [-0.15, -0.1) is 11.3 Å². The van der Waals surface area contributed by atoms with Crippen LogP contribution in [0.4, 0.5) is 5.69 Å². The van der Waals surface area contributed by atoms with E-state index in [2.05, 4.69) is 19.2 Å². The van der Waals surface area contributed by atoms with Crippen molar-refractivity contribution in [1.29, 1.82) is 0 Å². The molecule has 146 valence electrons. The maximum atomic E-state index is 12.6. The average molecular weight is 416 g/mol. The van der Waals surface area contributed by atoms with Crippen molar-refractivity contribution in [3.63, 3.8) is 0 Å². The highest BCUT2D eigenvalue weighted by molar-refractivity contribution is 7.21. The Hall–Kier alpha value is -2.37. The Balaban J connectivity index is 1.72. The minimum absolute atomic E-state index is 0.308. The molecule has 2 aromatic carbocycles. The van der Waals surface area contributed by atoms with Crippen LogP contribution in [0.2, 0.25) is 5.02 Å². The lowest BCUT2D eigenvalue weighted by atomic mass is 9.97. The van der Waals surface area contributed by atoms with Crippen LogP contribution >= 0.6 is 22.9 Å². The van der Waals surface area contributed by atoms with Gasteiger partial charge in [0.15, 0.2) is 6.10 Å². The monoisotopic (exact) mass is 415 g/mol. The zero-order chi connectivity index (χ0) is 20.3. The highest BCUT2D eigenvalue weighted by Crippen LogP contribution is 2.35. The first-order valence-electron chi connectivity index (χ1n) is 9.20. The Morgan fingerprint density at radius 3 is 2.50 bits per heavy atom. The van der Waals surface area contributed by atoms with Crippen molar-refractivity contribution in [2.24, 2.45) is 0 Å². The summed E-state index contributed by atoms with van der Waals surface area (Å²) in [7, 11) is 0. The highest BCUT2D eigenvalue weighted by atomic mass is 35.5. The predicted molar refractivity (Wildman–Crippen MR) is 115 cm³/mol. The number of carbonyl (C=O) groups excluding carboxylic acids is 2. The summed E-state index contributed by atoms with van der Waals surface area (Å²) in [5.41, 5.74) is 1.80. The van der Waals surface area contributed by atoms with Gasteiger partial charge in [-0.25, -0.2) is 4.79 Å². The number of esters is 1. The molecule has 3 aromatic rings. The first kappa shape index (κ1) is 20.4. The van der Waals surface area contributed by atoms with Crippen LogP contribution in [0.5, 0.6) is 0 Å². The van der Waals surface area contributed by atoms with Crippen LogP contribution in [-0.2, 0) is 9.53 Å². The molecule has 0 unspecified atom stereocenters. The number of carbonyl (C=O) groups is 2. The van der Waals surface area contributed by atoms with E-state index < -0.39 is 12.1 Å². The fourth-order valence-electron chi connectivity index (χ4n) is 2.91. The summed E-state index contributed by atoms with van der Waals surface area (Å²) in [4.78, 5) is 25.4. The molecule has 0 aliphatic rings. The summed E-state index contributed by atoms with van der Waals surface area (Å²) in [5, 5.41) is 4.05. The third kappa shape index (κ3) is 4.21. The summed E-state index contributed by atoms with van der Waals surface area (Å²) in [6.07, 6.45) is 0.0146. The predicted octanol–water partition coefficient (Wildman–Crippen LogP) is 6.25. The van der Waals surface area contributed by atoms with Crippen LogP contribution in [0.15, 0.2) is 48.5 Å². The number of ether oxygens (including phenoxy) is 1. The molecule has 1 aromatic heterocycles. The topological polar surface area (TPSA) is 55.4 Å². The van der Waals surface area contributed by atoms with Gasteiger partial charge in [-0.05, 0) is 37.0 Å². The van der Waals surface area contributed by atoms with Crippen molar-refractivity contribution in [2.45, 2.75) is 39.2 Å². The van der Waals surface area contributed by atoms with Gasteiger partial charge in [-0.3, -0.25) is 4.79 Å². The van der Waals surface area contributed by atoms with Gasteiger partial charge in [0.1, 0.15) is 4.88 Å². The average Bonchev–Trinajstić information content (AvgIpc) is 3.04. The molecule has 0 fully saturated rings.